The molecule has 0 atom stereocenters. The lowest BCUT2D eigenvalue weighted by Crippen LogP contribution is -2.43. The van der Waals surface area contributed by atoms with Crippen LogP contribution >= 0.6 is 0 Å². The fraction of sp³-hybridized carbons (Fsp3) is 0.273. The van der Waals surface area contributed by atoms with Gasteiger partial charge in [-0.15, -0.1) is 0 Å². The summed E-state index contributed by atoms with van der Waals surface area (Å²) in [5.41, 5.74) is 1.18. The Morgan fingerprint density at radius 2 is 1.81 bits per heavy atom. The maximum atomic E-state index is 13.4. The SMILES string of the molecule is CCOc1ccc2cc3cccc4c3c(c2c1)C(=O)N(CCN(C)C)C4=O. The Labute approximate surface area is 158 Å². The number of ether oxygens (including phenoxy) is 1. The smallest absolute Gasteiger partial charge is 0.262 e. The van der Waals surface area contributed by atoms with E-state index in [0.29, 0.717) is 30.8 Å². The monoisotopic (exact) mass is 362 g/mol. The number of hydrogen-bond acceptors (Lipinski definition) is 4. The lowest BCUT2D eigenvalue weighted by Gasteiger charge is -2.29. The van der Waals surface area contributed by atoms with Crippen molar-refractivity contribution < 1.29 is 14.3 Å². The van der Waals surface area contributed by atoms with Gasteiger partial charge in [0, 0.05) is 24.0 Å². The summed E-state index contributed by atoms with van der Waals surface area (Å²) in [4.78, 5) is 29.7. The van der Waals surface area contributed by atoms with E-state index in [1.54, 1.807) is 0 Å². The van der Waals surface area contributed by atoms with Crippen LogP contribution in [0.2, 0.25) is 0 Å². The Hall–Kier alpha value is -2.92. The molecule has 0 aliphatic carbocycles. The van der Waals surface area contributed by atoms with Gasteiger partial charge < -0.3 is 9.64 Å². The second-order valence-corrected chi connectivity index (χ2v) is 7.04. The lowest BCUT2D eigenvalue weighted by atomic mass is 9.89. The van der Waals surface area contributed by atoms with Gasteiger partial charge in [-0.1, -0.05) is 18.2 Å². The van der Waals surface area contributed by atoms with Crippen molar-refractivity contribution in [2.75, 3.05) is 33.8 Å². The molecule has 2 amide bonds. The fourth-order valence-corrected chi connectivity index (χ4v) is 3.68. The van der Waals surface area contributed by atoms with E-state index in [1.165, 1.54) is 4.90 Å². The van der Waals surface area contributed by atoms with Crippen molar-refractivity contribution in [3.05, 3.63) is 53.6 Å². The molecule has 0 spiro atoms. The average Bonchev–Trinajstić information content (AvgIpc) is 2.64. The summed E-state index contributed by atoms with van der Waals surface area (Å²) >= 11 is 0. The van der Waals surface area contributed by atoms with Gasteiger partial charge in [0.05, 0.1) is 12.2 Å². The second-order valence-electron chi connectivity index (χ2n) is 7.04. The maximum absolute atomic E-state index is 13.4. The molecule has 5 nitrogen and oxygen atoms in total. The molecule has 138 valence electrons. The molecular formula is C22H22N2O3. The number of carbonyl (C=O) groups excluding carboxylic acids is 2. The predicted octanol–water partition coefficient (Wildman–Crippen LogP) is 3.55. The van der Waals surface area contributed by atoms with Crippen LogP contribution in [0.4, 0.5) is 0 Å². The first-order chi connectivity index (χ1) is 13.0. The summed E-state index contributed by atoms with van der Waals surface area (Å²) in [7, 11) is 3.86. The number of amides is 2. The Balaban J connectivity index is 1.99. The van der Waals surface area contributed by atoms with Crippen LogP contribution in [-0.4, -0.2) is 55.4 Å². The minimum Gasteiger partial charge on any atom is -0.494 e. The average molecular weight is 362 g/mol. The molecule has 0 bridgehead atoms. The van der Waals surface area contributed by atoms with Gasteiger partial charge >= 0.3 is 0 Å². The van der Waals surface area contributed by atoms with E-state index in [0.717, 1.165) is 27.3 Å². The Morgan fingerprint density at radius 3 is 2.56 bits per heavy atom. The molecular weight excluding hydrogens is 340 g/mol. The van der Waals surface area contributed by atoms with Gasteiger partial charge in [-0.25, -0.2) is 0 Å². The van der Waals surface area contributed by atoms with Crippen LogP contribution in [0.25, 0.3) is 21.5 Å². The van der Waals surface area contributed by atoms with Crippen LogP contribution in [0.3, 0.4) is 0 Å². The molecule has 0 saturated carbocycles. The zero-order valence-electron chi connectivity index (χ0n) is 15.8. The predicted molar refractivity (Wildman–Crippen MR) is 107 cm³/mol. The molecule has 0 fully saturated rings. The maximum Gasteiger partial charge on any atom is 0.262 e. The number of hydrogen-bond donors (Lipinski definition) is 0. The first kappa shape index (κ1) is 17.5. The lowest BCUT2D eigenvalue weighted by molar-refractivity contribution is 0.0602. The fourth-order valence-electron chi connectivity index (χ4n) is 3.68. The van der Waals surface area contributed by atoms with Crippen molar-refractivity contribution >= 4 is 33.4 Å². The van der Waals surface area contributed by atoms with Crippen LogP contribution in [0.15, 0.2) is 42.5 Å². The van der Waals surface area contributed by atoms with E-state index >= 15 is 0 Å². The Kier molecular flexibility index (Phi) is 4.32. The number of nitrogens with zero attached hydrogens (tertiary/aromatic N) is 2. The van der Waals surface area contributed by atoms with Crippen LogP contribution in [0.1, 0.15) is 27.6 Å². The first-order valence-electron chi connectivity index (χ1n) is 9.14. The highest BCUT2D eigenvalue weighted by Gasteiger charge is 2.34. The van der Waals surface area contributed by atoms with Crippen LogP contribution in [0, 0.1) is 0 Å². The van der Waals surface area contributed by atoms with Gasteiger partial charge in [-0.3, -0.25) is 14.5 Å². The van der Waals surface area contributed by atoms with E-state index in [9.17, 15) is 9.59 Å². The summed E-state index contributed by atoms with van der Waals surface area (Å²) in [6.07, 6.45) is 0. The molecule has 4 rings (SSSR count). The third kappa shape index (κ3) is 2.84. The van der Waals surface area contributed by atoms with Gasteiger partial charge in [-0.2, -0.15) is 0 Å². The number of imide groups is 1. The third-order valence-electron chi connectivity index (χ3n) is 4.97. The first-order valence-corrected chi connectivity index (χ1v) is 9.14. The summed E-state index contributed by atoms with van der Waals surface area (Å²) in [6.45, 7) is 3.47. The standard InChI is InChI=1S/C22H22N2O3/c1-4-27-16-9-8-14-12-15-6-5-7-17-19(15)20(18(14)13-16)22(26)24(21(17)25)11-10-23(2)3/h5-9,12-13H,4,10-11H2,1-3H3. The minimum atomic E-state index is -0.232. The summed E-state index contributed by atoms with van der Waals surface area (Å²) < 4.78 is 5.64. The molecule has 3 aromatic carbocycles. The largest absolute Gasteiger partial charge is 0.494 e. The summed E-state index contributed by atoms with van der Waals surface area (Å²) in [6, 6.07) is 13.5. The van der Waals surface area contributed by atoms with Gasteiger partial charge in [0.25, 0.3) is 11.8 Å². The topological polar surface area (TPSA) is 49.9 Å². The molecule has 1 aliphatic heterocycles. The van der Waals surface area contributed by atoms with Crippen molar-refractivity contribution in [2.45, 2.75) is 6.92 Å². The number of rotatable bonds is 5. The normalized spacial score (nSPS) is 13.9. The quantitative estimate of drug-likeness (QED) is 0.514. The molecule has 0 N–H and O–H groups in total. The van der Waals surface area contributed by atoms with Crippen molar-refractivity contribution in [3.63, 3.8) is 0 Å². The zero-order chi connectivity index (χ0) is 19.1. The van der Waals surface area contributed by atoms with E-state index in [4.69, 9.17) is 4.74 Å². The molecule has 1 heterocycles. The van der Waals surface area contributed by atoms with E-state index in [1.807, 2.05) is 68.4 Å². The molecule has 0 unspecified atom stereocenters. The molecule has 1 aliphatic rings. The third-order valence-corrected chi connectivity index (χ3v) is 4.97. The molecule has 0 saturated heterocycles. The molecule has 5 heteroatoms. The number of benzene rings is 3. The Morgan fingerprint density at radius 1 is 1.00 bits per heavy atom. The Bertz CT molecular complexity index is 1070. The highest BCUT2D eigenvalue weighted by molar-refractivity contribution is 6.30. The summed E-state index contributed by atoms with van der Waals surface area (Å²) in [5.74, 6) is 0.271. The summed E-state index contributed by atoms with van der Waals surface area (Å²) in [5, 5.41) is 3.45. The number of fused-ring (bicyclic) bond motifs is 2. The van der Waals surface area contributed by atoms with E-state index < -0.39 is 0 Å². The highest BCUT2D eigenvalue weighted by atomic mass is 16.5. The highest BCUT2D eigenvalue weighted by Crippen LogP contribution is 2.37. The van der Waals surface area contributed by atoms with Gasteiger partial charge in [0.1, 0.15) is 5.75 Å². The minimum absolute atomic E-state index is 0.222. The van der Waals surface area contributed by atoms with Crippen molar-refractivity contribution in [1.82, 2.24) is 9.80 Å². The molecule has 27 heavy (non-hydrogen) atoms. The van der Waals surface area contributed by atoms with Gasteiger partial charge in [0.2, 0.25) is 0 Å². The van der Waals surface area contributed by atoms with Crippen molar-refractivity contribution in [1.29, 1.82) is 0 Å². The zero-order valence-corrected chi connectivity index (χ0v) is 15.8. The van der Waals surface area contributed by atoms with Crippen molar-refractivity contribution in [2.24, 2.45) is 0 Å². The molecule has 3 aromatic rings. The molecule has 0 aromatic heterocycles. The second kappa shape index (κ2) is 6.67. The van der Waals surface area contributed by atoms with Crippen molar-refractivity contribution in [3.8, 4) is 5.75 Å². The van der Waals surface area contributed by atoms with Gasteiger partial charge in [0.15, 0.2) is 0 Å². The number of likely N-dealkylation sites (N-methyl/N-ethyl adjacent to an activating group) is 1. The van der Waals surface area contributed by atoms with Crippen LogP contribution in [0.5, 0.6) is 5.75 Å². The van der Waals surface area contributed by atoms with Gasteiger partial charge in [-0.05, 0) is 61.4 Å². The van der Waals surface area contributed by atoms with E-state index in [-0.39, 0.29) is 11.8 Å². The van der Waals surface area contributed by atoms with Crippen LogP contribution < -0.4 is 4.74 Å². The van der Waals surface area contributed by atoms with Crippen LogP contribution in [-0.2, 0) is 0 Å². The van der Waals surface area contributed by atoms with E-state index in [2.05, 4.69) is 0 Å². The number of carbonyl (C=O) groups is 2. The molecule has 0 radical (unpaired) electrons.